The number of hydrogen-bond donors (Lipinski definition) is 1. The largest absolute Gasteiger partial charge is 0.413 e. The molecular weight excluding hydrogens is 183 g/mol. The molecule has 1 unspecified atom stereocenters. The molecule has 2 N–H and O–H groups in total. The number of ketones is 1. The summed E-state index contributed by atoms with van der Waals surface area (Å²) in [7, 11) is 0. The Balaban J connectivity index is 4.65. The Morgan fingerprint density at radius 1 is 1.46 bits per heavy atom. The van der Waals surface area contributed by atoms with E-state index in [1.54, 1.807) is 0 Å². The van der Waals surface area contributed by atoms with Gasteiger partial charge in [0.2, 0.25) is 0 Å². The van der Waals surface area contributed by atoms with E-state index in [1.807, 2.05) is 0 Å². The van der Waals surface area contributed by atoms with Gasteiger partial charge in [-0.1, -0.05) is 12.2 Å². The highest BCUT2D eigenvalue weighted by Crippen LogP contribution is 2.29. The summed E-state index contributed by atoms with van der Waals surface area (Å²) in [6, 6.07) is 0. The van der Waals surface area contributed by atoms with Crippen molar-refractivity contribution < 1.29 is 18.0 Å². The third-order valence-corrected chi connectivity index (χ3v) is 1.63. The van der Waals surface area contributed by atoms with Gasteiger partial charge >= 0.3 is 6.18 Å². The first-order valence-corrected chi connectivity index (χ1v) is 3.62. The van der Waals surface area contributed by atoms with E-state index in [0.717, 1.165) is 0 Å². The second kappa shape index (κ2) is 3.49. The first kappa shape index (κ1) is 12.2. The van der Waals surface area contributed by atoms with Crippen LogP contribution in [0.15, 0.2) is 12.2 Å². The maximum atomic E-state index is 12.2. The molecule has 0 radical (unpaired) electrons. The minimum absolute atomic E-state index is 0.341. The van der Waals surface area contributed by atoms with E-state index >= 15 is 0 Å². The summed E-state index contributed by atoms with van der Waals surface area (Å²) in [5.41, 5.74) is 2.46. The summed E-state index contributed by atoms with van der Waals surface area (Å²) < 4.78 is 36.5. The molecule has 0 aliphatic heterocycles. The smallest absolute Gasteiger partial charge is 0.312 e. The van der Waals surface area contributed by atoms with Gasteiger partial charge in [0.15, 0.2) is 11.3 Å². The van der Waals surface area contributed by atoms with Crippen molar-refractivity contribution in [3.63, 3.8) is 0 Å². The summed E-state index contributed by atoms with van der Waals surface area (Å²) in [6.45, 7) is 5.49. The maximum Gasteiger partial charge on any atom is 0.413 e. The molecule has 0 spiro atoms. The molecule has 13 heavy (non-hydrogen) atoms. The molecule has 0 bridgehead atoms. The molecule has 0 aromatic carbocycles. The molecule has 0 rings (SSSR count). The van der Waals surface area contributed by atoms with Gasteiger partial charge in [-0.3, -0.25) is 4.79 Å². The minimum atomic E-state index is -4.71. The quantitative estimate of drug-likeness (QED) is 0.698. The minimum Gasteiger partial charge on any atom is -0.312 e. The van der Waals surface area contributed by atoms with Crippen molar-refractivity contribution >= 4 is 5.78 Å². The number of Topliss-reactive ketones (excluding diaryl/α,β-unsaturated/α-hetero) is 1. The van der Waals surface area contributed by atoms with Gasteiger partial charge in [-0.05, 0) is 13.8 Å². The topological polar surface area (TPSA) is 43.1 Å². The second-order valence-electron chi connectivity index (χ2n) is 3.26. The van der Waals surface area contributed by atoms with E-state index in [0.29, 0.717) is 12.5 Å². The fourth-order valence-corrected chi connectivity index (χ4v) is 0.616. The van der Waals surface area contributed by atoms with Gasteiger partial charge in [-0.15, -0.1) is 0 Å². The van der Waals surface area contributed by atoms with Crippen LogP contribution in [0.2, 0.25) is 0 Å². The molecule has 1 atom stereocenters. The van der Waals surface area contributed by atoms with E-state index in [-0.39, 0.29) is 6.42 Å². The number of carbonyl (C=O) groups excluding carboxylic acids is 1. The van der Waals surface area contributed by atoms with Crippen LogP contribution in [0.1, 0.15) is 20.3 Å². The number of allylic oxidation sites excluding steroid dienone is 1. The van der Waals surface area contributed by atoms with Gasteiger partial charge in [0, 0.05) is 6.42 Å². The van der Waals surface area contributed by atoms with Crippen molar-refractivity contribution in [1.82, 2.24) is 0 Å². The van der Waals surface area contributed by atoms with E-state index in [9.17, 15) is 18.0 Å². The fourth-order valence-electron chi connectivity index (χ4n) is 0.616. The number of hydrogen-bond acceptors (Lipinski definition) is 2. The zero-order valence-electron chi connectivity index (χ0n) is 7.53. The lowest BCUT2D eigenvalue weighted by molar-refractivity contribution is -0.185. The van der Waals surface area contributed by atoms with Crippen LogP contribution < -0.4 is 5.73 Å². The van der Waals surface area contributed by atoms with Gasteiger partial charge < -0.3 is 5.73 Å². The number of nitrogens with two attached hydrogens (primary N) is 1. The number of carbonyl (C=O) groups is 1. The molecule has 0 aromatic rings. The van der Waals surface area contributed by atoms with E-state index in [4.69, 9.17) is 5.73 Å². The number of rotatable bonds is 3. The molecule has 0 fully saturated rings. The highest BCUT2D eigenvalue weighted by molar-refractivity contribution is 5.90. The normalized spacial score (nSPS) is 16.5. The molecule has 76 valence electrons. The van der Waals surface area contributed by atoms with Gasteiger partial charge in [-0.2, -0.15) is 13.2 Å². The Kier molecular flexibility index (Phi) is 3.27. The standard InChI is InChI=1S/C8H12F3NO/c1-5(2)4-6(13)7(3,12)8(9,10)11/h1,4,12H2,2-3H3. The summed E-state index contributed by atoms with van der Waals surface area (Å²) in [5, 5.41) is 0. The van der Waals surface area contributed by atoms with Crippen molar-refractivity contribution in [3.05, 3.63) is 12.2 Å². The number of halogens is 3. The molecule has 0 aliphatic carbocycles. The van der Waals surface area contributed by atoms with Crippen molar-refractivity contribution in [2.75, 3.05) is 0 Å². The van der Waals surface area contributed by atoms with Crippen molar-refractivity contribution in [2.24, 2.45) is 5.73 Å². The second-order valence-corrected chi connectivity index (χ2v) is 3.26. The molecule has 0 aliphatic rings. The SMILES string of the molecule is C=C(C)CC(=O)C(C)(N)C(F)(F)F. The summed E-state index contributed by atoms with van der Waals surface area (Å²) in [5.74, 6) is -1.06. The zero-order chi connectivity index (χ0) is 10.9. The first-order valence-electron chi connectivity index (χ1n) is 3.62. The predicted octanol–water partition coefficient (Wildman–Crippen LogP) is 1.80. The van der Waals surface area contributed by atoms with Crippen molar-refractivity contribution in [3.8, 4) is 0 Å². The van der Waals surface area contributed by atoms with Crippen molar-refractivity contribution in [1.29, 1.82) is 0 Å². The van der Waals surface area contributed by atoms with Gasteiger partial charge in [-0.25, -0.2) is 0 Å². The molecule has 0 aromatic heterocycles. The van der Waals surface area contributed by atoms with E-state index in [2.05, 4.69) is 6.58 Å². The van der Waals surface area contributed by atoms with Crippen LogP contribution in [0.25, 0.3) is 0 Å². The molecular formula is C8H12F3NO. The molecule has 0 saturated heterocycles. The van der Waals surface area contributed by atoms with Crippen LogP contribution in [-0.2, 0) is 4.79 Å². The molecule has 5 heteroatoms. The molecule has 0 saturated carbocycles. The Morgan fingerprint density at radius 3 is 2.08 bits per heavy atom. The van der Waals surface area contributed by atoms with Crippen LogP contribution in [0.3, 0.4) is 0 Å². The van der Waals surface area contributed by atoms with Crippen LogP contribution in [-0.4, -0.2) is 17.5 Å². The van der Waals surface area contributed by atoms with E-state index in [1.165, 1.54) is 6.92 Å². The first-order chi connectivity index (χ1) is 5.59. The van der Waals surface area contributed by atoms with Gasteiger partial charge in [0.25, 0.3) is 0 Å². The Bertz CT molecular complexity index is 230. The Hall–Kier alpha value is -0.840. The predicted molar refractivity (Wildman–Crippen MR) is 43.1 cm³/mol. The molecule has 0 heterocycles. The third-order valence-electron chi connectivity index (χ3n) is 1.63. The van der Waals surface area contributed by atoms with E-state index < -0.39 is 17.5 Å². The van der Waals surface area contributed by atoms with Crippen molar-refractivity contribution in [2.45, 2.75) is 32.0 Å². The van der Waals surface area contributed by atoms with Crippen LogP contribution >= 0.6 is 0 Å². The molecule has 2 nitrogen and oxygen atoms in total. The Morgan fingerprint density at radius 2 is 1.85 bits per heavy atom. The van der Waals surface area contributed by atoms with Crippen LogP contribution in [0, 0.1) is 0 Å². The lowest BCUT2D eigenvalue weighted by Gasteiger charge is -2.25. The average Bonchev–Trinajstić information content (AvgIpc) is 1.82. The zero-order valence-corrected chi connectivity index (χ0v) is 7.53. The summed E-state index contributed by atoms with van der Waals surface area (Å²) in [6.07, 6.45) is -5.05. The average molecular weight is 195 g/mol. The highest BCUT2D eigenvalue weighted by atomic mass is 19.4. The monoisotopic (exact) mass is 195 g/mol. The van der Waals surface area contributed by atoms with Gasteiger partial charge in [0.1, 0.15) is 0 Å². The lowest BCUT2D eigenvalue weighted by Crippen LogP contribution is -2.57. The summed E-state index contributed by atoms with van der Waals surface area (Å²) >= 11 is 0. The fraction of sp³-hybridized carbons (Fsp3) is 0.625. The maximum absolute atomic E-state index is 12.2. The summed E-state index contributed by atoms with van der Waals surface area (Å²) in [4.78, 5) is 11.0. The third kappa shape index (κ3) is 2.84. The Labute approximate surface area is 74.6 Å². The molecule has 0 amide bonds. The van der Waals surface area contributed by atoms with Gasteiger partial charge in [0.05, 0.1) is 0 Å². The van der Waals surface area contributed by atoms with Crippen LogP contribution in [0.4, 0.5) is 13.2 Å². The van der Waals surface area contributed by atoms with Crippen LogP contribution in [0.5, 0.6) is 0 Å². The lowest BCUT2D eigenvalue weighted by atomic mass is 9.93. The number of alkyl halides is 3. The highest BCUT2D eigenvalue weighted by Gasteiger charge is 2.52.